The number of nitrogen functional groups attached to an aromatic ring is 2. The highest BCUT2D eigenvalue weighted by atomic mass is 35.5. The van der Waals surface area contributed by atoms with Crippen LogP contribution in [0.1, 0.15) is 5.56 Å². The molecule has 0 bridgehead atoms. The maximum absolute atomic E-state index is 5.73. The lowest BCUT2D eigenvalue weighted by Crippen LogP contribution is -1.96. The second kappa shape index (κ2) is 4.44. The minimum Gasteiger partial charge on any atom is -0.399 e. The lowest BCUT2D eigenvalue weighted by Gasteiger charge is -2.04. The highest BCUT2D eigenvalue weighted by Gasteiger charge is 2.12. The summed E-state index contributed by atoms with van der Waals surface area (Å²) in [7, 11) is 0. The summed E-state index contributed by atoms with van der Waals surface area (Å²) in [5.41, 5.74) is 15.2. The van der Waals surface area contributed by atoms with Crippen LogP contribution in [0.15, 0.2) is 12.1 Å². The Hall–Kier alpha value is -0.800. The van der Waals surface area contributed by atoms with Crippen LogP contribution >= 0.6 is 24.8 Å². The van der Waals surface area contributed by atoms with Crippen molar-refractivity contribution < 1.29 is 0 Å². The molecule has 0 saturated heterocycles. The second-order valence-corrected chi connectivity index (χ2v) is 2.82. The second-order valence-electron chi connectivity index (χ2n) is 2.82. The van der Waals surface area contributed by atoms with E-state index in [1.807, 2.05) is 6.07 Å². The van der Waals surface area contributed by atoms with Gasteiger partial charge in [-0.3, -0.25) is 0 Å². The van der Waals surface area contributed by atoms with Gasteiger partial charge < -0.3 is 16.8 Å². The minimum absolute atomic E-state index is 0. The molecule has 0 aromatic heterocycles. The van der Waals surface area contributed by atoms with Crippen LogP contribution < -0.4 is 16.8 Å². The molecule has 13 heavy (non-hydrogen) atoms. The Kier molecular flexibility index (Phi) is 4.17. The molecule has 1 heterocycles. The maximum atomic E-state index is 5.73. The van der Waals surface area contributed by atoms with Crippen molar-refractivity contribution in [1.82, 2.24) is 0 Å². The fourth-order valence-corrected chi connectivity index (χ4v) is 1.49. The van der Waals surface area contributed by atoms with E-state index < -0.39 is 0 Å². The summed E-state index contributed by atoms with van der Waals surface area (Å²) >= 11 is 0. The van der Waals surface area contributed by atoms with Crippen molar-refractivity contribution in [2.24, 2.45) is 0 Å². The van der Waals surface area contributed by atoms with Crippen LogP contribution in [0.2, 0.25) is 0 Å². The third-order valence-electron chi connectivity index (χ3n) is 1.97. The zero-order chi connectivity index (χ0) is 7.84. The van der Waals surface area contributed by atoms with Crippen LogP contribution in [-0.2, 0) is 6.42 Å². The first-order valence-electron chi connectivity index (χ1n) is 3.69. The Morgan fingerprint density at radius 1 is 1.15 bits per heavy atom. The molecule has 74 valence electrons. The van der Waals surface area contributed by atoms with Crippen LogP contribution in [0.4, 0.5) is 17.1 Å². The smallest absolute Gasteiger partial charge is 0.0608 e. The summed E-state index contributed by atoms with van der Waals surface area (Å²) in [6.45, 7) is 0.975. The van der Waals surface area contributed by atoms with Crippen LogP contribution in [0, 0.1) is 0 Å². The monoisotopic (exact) mass is 221 g/mol. The van der Waals surface area contributed by atoms with Crippen molar-refractivity contribution in [3.63, 3.8) is 0 Å². The van der Waals surface area contributed by atoms with Gasteiger partial charge in [0, 0.05) is 12.2 Å². The molecule has 2 rings (SSSR count). The number of halogens is 2. The summed E-state index contributed by atoms with van der Waals surface area (Å²) < 4.78 is 0. The average molecular weight is 222 g/mol. The van der Waals surface area contributed by atoms with Gasteiger partial charge in [-0.05, 0) is 24.1 Å². The first kappa shape index (κ1) is 12.2. The molecule has 0 aliphatic carbocycles. The Morgan fingerprint density at radius 3 is 2.54 bits per heavy atom. The highest BCUT2D eigenvalue weighted by molar-refractivity contribution is 5.85. The fraction of sp³-hybridized carbons (Fsp3) is 0.250. The van der Waals surface area contributed by atoms with Crippen molar-refractivity contribution in [3.8, 4) is 0 Å². The summed E-state index contributed by atoms with van der Waals surface area (Å²) in [5, 5.41) is 3.22. The van der Waals surface area contributed by atoms with E-state index in [4.69, 9.17) is 11.5 Å². The van der Waals surface area contributed by atoms with Crippen molar-refractivity contribution in [3.05, 3.63) is 17.7 Å². The largest absolute Gasteiger partial charge is 0.399 e. The van der Waals surface area contributed by atoms with Gasteiger partial charge in [0.05, 0.1) is 11.4 Å². The van der Waals surface area contributed by atoms with E-state index in [0.717, 1.165) is 30.0 Å². The average Bonchev–Trinajstić information content (AvgIpc) is 2.34. The number of fused-ring (bicyclic) bond motifs is 1. The predicted molar refractivity (Wildman–Crippen MR) is 62.0 cm³/mol. The highest BCUT2D eigenvalue weighted by Crippen LogP contribution is 2.30. The Bertz CT molecular complexity index is 302. The number of hydrogen-bond acceptors (Lipinski definition) is 3. The van der Waals surface area contributed by atoms with Gasteiger partial charge in [-0.1, -0.05) is 0 Å². The van der Waals surface area contributed by atoms with E-state index in [0.29, 0.717) is 0 Å². The zero-order valence-electron chi connectivity index (χ0n) is 7.04. The summed E-state index contributed by atoms with van der Waals surface area (Å²) in [5.74, 6) is 0. The van der Waals surface area contributed by atoms with Crippen molar-refractivity contribution >= 4 is 41.9 Å². The molecule has 1 aliphatic rings. The Labute approximate surface area is 89.7 Å². The third-order valence-corrected chi connectivity index (χ3v) is 1.97. The van der Waals surface area contributed by atoms with Crippen LogP contribution in [0.5, 0.6) is 0 Å². The molecule has 1 aliphatic heterocycles. The standard InChI is InChI=1S/C8H11N3.2ClH/c9-6-3-5-1-2-11-8(5)7(10)4-6;;/h3-4,11H,1-2,9-10H2;2*1H. The van der Waals surface area contributed by atoms with E-state index in [2.05, 4.69) is 5.32 Å². The lowest BCUT2D eigenvalue weighted by atomic mass is 10.1. The molecule has 0 fully saturated rings. The SMILES string of the molecule is Cl.Cl.Nc1cc(N)c2c(c1)CCN2. The predicted octanol–water partition coefficient (Wildman–Crippen LogP) is 1.66. The van der Waals surface area contributed by atoms with E-state index in [9.17, 15) is 0 Å². The Morgan fingerprint density at radius 2 is 1.85 bits per heavy atom. The van der Waals surface area contributed by atoms with Gasteiger partial charge in [-0.25, -0.2) is 0 Å². The third kappa shape index (κ3) is 2.11. The zero-order valence-corrected chi connectivity index (χ0v) is 8.67. The molecule has 3 nitrogen and oxygen atoms in total. The van der Waals surface area contributed by atoms with Crippen LogP contribution in [0.3, 0.4) is 0 Å². The molecule has 0 atom stereocenters. The molecule has 0 unspecified atom stereocenters. The summed E-state index contributed by atoms with van der Waals surface area (Å²) in [6.07, 6.45) is 1.03. The fourth-order valence-electron chi connectivity index (χ4n) is 1.49. The van der Waals surface area contributed by atoms with Gasteiger partial charge in [-0.15, -0.1) is 24.8 Å². The molecule has 0 amide bonds. The number of nitrogens with one attached hydrogen (secondary N) is 1. The van der Waals surface area contributed by atoms with Gasteiger partial charge in [0.2, 0.25) is 0 Å². The summed E-state index contributed by atoms with van der Waals surface area (Å²) in [4.78, 5) is 0. The van der Waals surface area contributed by atoms with Gasteiger partial charge in [0.15, 0.2) is 0 Å². The molecular weight excluding hydrogens is 209 g/mol. The lowest BCUT2D eigenvalue weighted by molar-refractivity contribution is 1.11. The molecule has 5 heteroatoms. The first-order chi connectivity index (χ1) is 5.27. The number of benzene rings is 1. The van der Waals surface area contributed by atoms with Gasteiger partial charge in [0.25, 0.3) is 0 Å². The van der Waals surface area contributed by atoms with Crippen LogP contribution in [0.25, 0.3) is 0 Å². The normalized spacial score (nSPS) is 12.0. The topological polar surface area (TPSA) is 64.1 Å². The van der Waals surface area contributed by atoms with Gasteiger partial charge in [0.1, 0.15) is 0 Å². The minimum atomic E-state index is 0. The van der Waals surface area contributed by atoms with Gasteiger partial charge in [-0.2, -0.15) is 0 Å². The van der Waals surface area contributed by atoms with Gasteiger partial charge >= 0.3 is 0 Å². The van der Waals surface area contributed by atoms with E-state index in [1.54, 1.807) is 6.07 Å². The molecular formula is C8H13Cl2N3. The number of nitrogens with two attached hydrogens (primary N) is 2. The molecule has 0 spiro atoms. The molecule has 0 radical (unpaired) electrons. The van der Waals surface area contributed by atoms with Crippen molar-refractivity contribution in [1.29, 1.82) is 0 Å². The number of hydrogen-bond donors (Lipinski definition) is 3. The molecule has 5 N–H and O–H groups in total. The molecule has 1 aromatic rings. The van der Waals surface area contributed by atoms with E-state index >= 15 is 0 Å². The Balaban J connectivity index is 0.000000720. The maximum Gasteiger partial charge on any atom is 0.0608 e. The molecule has 1 aromatic carbocycles. The summed E-state index contributed by atoms with van der Waals surface area (Å²) in [6, 6.07) is 3.77. The van der Waals surface area contributed by atoms with Crippen molar-refractivity contribution in [2.75, 3.05) is 23.3 Å². The number of rotatable bonds is 0. The van der Waals surface area contributed by atoms with Crippen LogP contribution in [-0.4, -0.2) is 6.54 Å². The van der Waals surface area contributed by atoms with E-state index in [1.165, 1.54) is 5.56 Å². The van der Waals surface area contributed by atoms with Crippen molar-refractivity contribution in [2.45, 2.75) is 6.42 Å². The first-order valence-corrected chi connectivity index (χ1v) is 3.69. The number of anilines is 3. The molecule has 0 saturated carbocycles. The quantitative estimate of drug-likeness (QED) is 0.585. The van der Waals surface area contributed by atoms with E-state index in [-0.39, 0.29) is 24.8 Å².